The summed E-state index contributed by atoms with van der Waals surface area (Å²) < 4.78 is 0. The predicted molar refractivity (Wildman–Crippen MR) is 82.3 cm³/mol. The fourth-order valence-corrected chi connectivity index (χ4v) is 2.73. The number of aliphatic carboxylic acids is 1. The van der Waals surface area contributed by atoms with Crippen LogP contribution in [0.15, 0.2) is 24.3 Å². The van der Waals surface area contributed by atoms with Crippen molar-refractivity contribution >= 4 is 35.2 Å². The Morgan fingerprint density at radius 3 is 2.71 bits per heavy atom. The SMILES string of the molecule is CC1(C(N)=O)CCN(c2ccc(/C=C/C(=O)O)cc2Cl)C1. The van der Waals surface area contributed by atoms with Crippen LogP contribution in [0, 0.1) is 5.41 Å². The van der Waals surface area contributed by atoms with Gasteiger partial charge in [0.25, 0.3) is 0 Å². The van der Waals surface area contributed by atoms with Crippen molar-refractivity contribution in [3.05, 3.63) is 34.9 Å². The molecule has 0 bridgehead atoms. The van der Waals surface area contributed by atoms with E-state index in [1.807, 2.05) is 17.9 Å². The molecule has 6 heteroatoms. The first-order valence-corrected chi connectivity index (χ1v) is 6.95. The number of hydrogen-bond donors (Lipinski definition) is 2. The van der Waals surface area contributed by atoms with Crippen molar-refractivity contribution in [2.24, 2.45) is 11.1 Å². The Labute approximate surface area is 128 Å². The predicted octanol–water partition coefficient (Wildman–Crippen LogP) is 2.14. The maximum absolute atomic E-state index is 11.5. The maximum Gasteiger partial charge on any atom is 0.328 e. The van der Waals surface area contributed by atoms with Crippen LogP contribution < -0.4 is 10.6 Å². The van der Waals surface area contributed by atoms with E-state index in [0.717, 1.165) is 11.8 Å². The molecule has 5 nitrogen and oxygen atoms in total. The van der Waals surface area contributed by atoms with E-state index in [9.17, 15) is 9.59 Å². The number of carboxylic acids is 1. The van der Waals surface area contributed by atoms with E-state index in [1.165, 1.54) is 6.08 Å². The van der Waals surface area contributed by atoms with Gasteiger partial charge in [0.15, 0.2) is 0 Å². The monoisotopic (exact) mass is 308 g/mol. The van der Waals surface area contributed by atoms with Crippen LogP contribution in [0.2, 0.25) is 5.02 Å². The molecule has 0 radical (unpaired) electrons. The van der Waals surface area contributed by atoms with Crippen molar-refractivity contribution in [3.63, 3.8) is 0 Å². The number of carbonyl (C=O) groups excluding carboxylic acids is 1. The zero-order chi connectivity index (χ0) is 15.6. The van der Waals surface area contributed by atoms with Crippen LogP contribution in [-0.2, 0) is 9.59 Å². The molecule has 1 unspecified atom stereocenters. The second-order valence-corrected chi connectivity index (χ2v) is 5.89. The maximum atomic E-state index is 11.5. The number of carboxylic acid groups (broad SMARTS) is 1. The molecule has 21 heavy (non-hydrogen) atoms. The minimum atomic E-state index is -1.01. The number of halogens is 1. The van der Waals surface area contributed by atoms with Gasteiger partial charge in [-0.3, -0.25) is 4.79 Å². The lowest BCUT2D eigenvalue weighted by Gasteiger charge is -2.23. The molecule has 1 amide bonds. The molecule has 1 aliphatic rings. The molecule has 112 valence electrons. The molecular weight excluding hydrogens is 292 g/mol. The van der Waals surface area contributed by atoms with E-state index in [1.54, 1.807) is 12.1 Å². The first-order chi connectivity index (χ1) is 9.82. The molecule has 1 saturated heterocycles. The second-order valence-electron chi connectivity index (χ2n) is 5.48. The molecule has 0 saturated carbocycles. The smallest absolute Gasteiger partial charge is 0.328 e. The summed E-state index contributed by atoms with van der Waals surface area (Å²) in [5, 5.41) is 9.13. The van der Waals surface area contributed by atoms with Crippen LogP contribution >= 0.6 is 11.6 Å². The zero-order valence-electron chi connectivity index (χ0n) is 11.7. The summed E-state index contributed by atoms with van der Waals surface area (Å²) in [6, 6.07) is 5.33. The van der Waals surface area contributed by atoms with Gasteiger partial charge in [-0.25, -0.2) is 4.79 Å². The molecule has 2 rings (SSSR count). The highest BCUT2D eigenvalue weighted by Crippen LogP contribution is 2.36. The van der Waals surface area contributed by atoms with Gasteiger partial charge in [0.05, 0.1) is 16.1 Å². The van der Waals surface area contributed by atoms with Crippen LogP contribution in [0.4, 0.5) is 5.69 Å². The lowest BCUT2D eigenvalue weighted by molar-refractivity contribution is -0.131. The molecule has 1 atom stereocenters. The van der Waals surface area contributed by atoms with Gasteiger partial charge >= 0.3 is 5.97 Å². The van der Waals surface area contributed by atoms with Gasteiger partial charge in [0.1, 0.15) is 0 Å². The van der Waals surface area contributed by atoms with Gasteiger partial charge in [-0.2, -0.15) is 0 Å². The Bertz CT molecular complexity index is 615. The number of primary amides is 1. The largest absolute Gasteiger partial charge is 0.478 e. The average Bonchev–Trinajstić information content (AvgIpc) is 2.80. The van der Waals surface area contributed by atoms with Crippen LogP contribution in [0.25, 0.3) is 6.08 Å². The van der Waals surface area contributed by atoms with Crippen molar-refractivity contribution < 1.29 is 14.7 Å². The first-order valence-electron chi connectivity index (χ1n) is 6.57. The molecular formula is C15H17ClN2O3. The third-order valence-corrected chi connectivity index (χ3v) is 4.10. The minimum absolute atomic E-state index is 0.304. The number of nitrogens with zero attached hydrogens (tertiary/aromatic N) is 1. The first kappa shape index (κ1) is 15.4. The van der Waals surface area contributed by atoms with E-state index in [4.69, 9.17) is 22.4 Å². The lowest BCUT2D eigenvalue weighted by atomic mass is 9.89. The Morgan fingerprint density at radius 2 is 2.19 bits per heavy atom. The fourth-order valence-electron chi connectivity index (χ4n) is 2.42. The van der Waals surface area contributed by atoms with Crippen LogP contribution in [0.5, 0.6) is 0 Å². The van der Waals surface area contributed by atoms with E-state index in [-0.39, 0.29) is 5.91 Å². The fraction of sp³-hybridized carbons (Fsp3) is 0.333. The van der Waals surface area contributed by atoms with Crippen molar-refractivity contribution in [1.29, 1.82) is 0 Å². The highest BCUT2D eigenvalue weighted by atomic mass is 35.5. The summed E-state index contributed by atoms with van der Waals surface area (Å²) in [6.45, 7) is 3.10. The number of hydrogen-bond acceptors (Lipinski definition) is 3. The summed E-state index contributed by atoms with van der Waals surface area (Å²) in [4.78, 5) is 24.0. The van der Waals surface area contributed by atoms with E-state index in [2.05, 4.69) is 0 Å². The summed E-state index contributed by atoms with van der Waals surface area (Å²) in [6.07, 6.45) is 3.24. The number of benzene rings is 1. The molecule has 0 spiro atoms. The van der Waals surface area contributed by atoms with Gasteiger partial charge < -0.3 is 15.7 Å². The van der Waals surface area contributed by atoms with Gasteiger partial charge in [-0.05, 0) is 37.1 Å². The highest BCUT2D eigenvalue weighted by molar-refractivity contribution is 6.33. The molecule has 3 N–H and O–H groups in total. The normalized spacial score (nSPS) is 21.9. The summed E-state index contributed by atoms with van der Waals surface area (Å²) >= 11 is 6.26. The zero-order valence-corrected chi connectivity index (χ0v) is 12.4. The third-order valence-electron chi connectivity index (χ3n) is 3.80. The molecule has 1 heterocycles. The van der Waals surface area contributed by atoms with Crippen molar-refractivity contribution in [3.8, 4) is 0 Å². The lowest BCUT2D eigenvalue weighted by Crippen LogP contribution is -2.37. The molecule has 1 aromatic rings. The van der Waals surface area contributed by atoms with Gasteiger partial charge in [0, 0.05) is 19.2 Å². The Balaban J connectivity index is 2.19. The molecule has 1 fully saturated rings. The highest BCUT2D eigenvalue weighted by Gasteiger charge is 2.39. The van der Waals surface area contributed by atoms with Crippen molar-refractivity contribution in [2.75, 3.05) is 18.0 Å². The van der Waals surface area contributed by atoms with Gasteiger partial charge in [0.2, 0.25) is 5.91 Å². The molecule has 0 aromatic heterocycles. The average molecular weight is 309 g/mol. The number of nitrogens with two attached hydrogens (primary N) is 1. The van der Waals surface area contributed by atoms with Crippen LogP contribution in [0.1, 0.15) is 18.9 Å². The third kappa shape index (κ3) is 3.36. The Hall–Kier alpha value is -2.01. The van der Waals surface area contributed by atoms with E-state index < -0.39 is 11.4 Å². The van der Waals surface area contributed by atoms with Crippen LogP contribution in [0.3, 0.4) is 0 Å². The standard InChI is InChI=1S/C15H17ClN2O3/c1-15(14(17)21)6-7-18(9-15)12-4-2-10(8-11(12)16)3-5-13(19)20/h2-5,8H,6-7,9H2,1H3,(H2,17,21)(H,19,20)/b5-3+. The van der Waals surface area contributed by atoms with E-state index in [0.29, 0.717) is 30.1 Å². The Kier molecular flexibility index (Phi) is 4.23. The number of anilines is 1. The summed E-state index contributed by atoms with van der Waals surface area (Å²) in [7, 11) is 0. The van der Waals surface area contributed by atoms with Crippen LogP contribution in [-0.4, -0.2) is 30.1 Å². The van der Waals surface area contributed by atoms with Crippen molar-refractivity contribution in [1.82, 2.24) is 0 Å². The molecule has 1 aliphatic heterocycles. The number of carbonyl (C=O) groups is 2. The van der Waals surface area contributed by atoms with Gasteiger partial charge in [-0.15, -0.1) is 0 Å². The number of rotatable bonds is 4. The number of amides is 1. The topological polar surface area (TPSA) is 83.6 Å². The Morgan fingerprint density at radius 1 is 1.48 bits per heavy atom. The molecule has 0 aliphatic carbocycles. The van der Waals surface area contributed by atoms with Crippen molar-refractivity contribution in [2.45, 2.75) is 13.3 Å². The van der Waals surface area contributed by atoms with Gasteiger partial charge in [-0.1, -0.05) is 17.7 Å². The summed E-state index contributed by atoms with van der Waals surface area (Å²) in [5.41, 5.74) is 6.44. The van der Waals surface area contributed by atoms with E-state index >= 15 is 0 Å². The second kappa shape index (κ2) is 5.77. The summed E-state index contributed by atoms with van der Waals surface area (Å²) in [5.74, 6) is -1.31. The molecule has 1 aromatic carbocycles. The quantitative estimate of drug-likeness (QED) is 0.835. The minimum Gasteiger partial charge on any atom is -0.478 e.